The van der Waals surface area contributed by atoms with Crippen molar-refractivity contribution in [1.29, 1.82) is 0 Å². The highest BCUT2D eigenvalue weighted by atomic mass is 15.2. The van der Waals surface area contributed by atoms with Gasteiger partial charge in [0.2, 0.25) is 5.95 Å². The molecule has 0 unspecified atom stereocenters. The maximum atomic E-state index is 4.45. The van der Waals surface area contributed by atoms with E-state index in [2.05, 4.69) is 27.5 Å². The summed E-state index contributed by atoms with van der Waals surface area (Å²) in [6, 6.07) is 2.64. The van der Waals surface area contributed by atoms with Crippen LogP contribution in [0.1, 0.15) is 38.3 Å². The molecular weight excluding hydrogens is 200 g/mol. The normalized spacial score (nSPS) is 14.9. The van der Waals surface area contributed by atoms with Gasteiger partial charge < -0.3 is 10.6 Å². The topological polar surface area (TPSA) is 49.8 Å². The van der Waals surface area contributed by atoms with E-state index >= 15 is 0 Å². The molecule has 1 aliphatic carbocycles. The van der Waals surface area contributed by atoms with Gasteiger partial charge in [0.15, 0.2) is 0 Å². The average molecular weight is 220 g/mol. The highest BCUT2D eigenvalue weighted by Gasteiger charge is 2.21. The quantitative estimate of drug-likeness (QED) is 0.723. The molecule has 1 aliphatic rings. The number of nitrogens with zero attached hydrogens (tertiary/aromatic N) is 2. The van der Waals surface area contributed by atoms with Gasteiger partial charge in [-0.1, -0.05) is 13.3 Å². The fraction of sp³-hybridized carbons (Fsp3) is 0.667. The second-order valence-corrected chi connectivity index (χ2v) is 4.42. The zero-order chi connectivity index (χ0) is 11.4. The summed E-state index contributed by atoms with van der Waals surface area (Å²) < 4.78 is 0. The SMILES string of the molecule is CCCCNc1nc(C)cc(NC2CC2)n1. The van der Waals surface area contributed by atoms with Crippen LogP contribution in [0.15, 0.2) is 6.07 Å². The first-order valence-corrected chi connectivity index (χ1v) is 6.14. The lowest BCUT2D eigenvalue weighted by Gasteiger charge is -2.08. The maximum absolute atomic E-state index is 4.45. The Hall–Kier alpha value is -1.32. The van der Waals surface area contributed by atoms with Gasteiger partial charge in [-0.3, -0.25) is 0 Å². The Kier molecular flexibility index (Phi) is 3.59. The van der Waals surface area contributed by atoms with Crippen molar-refractivity contribution in [2.45, 2.75) is 45.6 Å². The molecule has 1 aromatic rings. The summed E-state index contributed by atoms with van der Waals surface area (Å²) in [4.78, 5) is 8.82. The van der Waals surface area contributed by atoms with Crippen LogP contribution >= 0.6 is 0 Å². The van der Waals surface area contributed by atoms with Gasteiger partial charge in [0, 0.05) is 24.3 Å². The third-order valence-electron chi connectivity index (χ3n) is 2.60. The predicted octanol–water partition coefficient (Wildman–Crippen LogP) is 2.57. The van der Waals surface area contributed by atoms with E-state index in [9.17, 15) is 0 Å². The van der Waals surface area contributed by atoms with E-state index in [1.54, 1.807) is 0 Å². The van der Waals surface area contributed by atoms with Crippen molar-refractivity contribution in [3.05, 3.63) is 11.8 Å². The summed E-state index contributed by atoms with van der Waals surface area (Å²) in [5.74, 6) is 1.70. The summed E-state index contributed by atoms with van der Waals surface area (Å²) in [7, 11) is 0. The Morgan fingerprint density at radius 3 is 2.88 bits per heavy atom. The van der Waals surface area contributed by atoms with Crippen LogP contribution in [0.4, 0.5) is 11.8 Å². The minimum absolute atomic E-state index is 0.637. The van der Waals surface area contributed by atoms with E-state index in [0.717, 1.165) is 30.4 Å². The molecule has 0 spiro atoms. The first-order valence-electron chi connectivity index (χ1n) is 6.14. The monoisotopic (exact) mass is 220 g/mol. The van der Waals surface area contributed by atoms with Crippen molar-refractivity contribution >= 4 is 11.8 Å². The van der Waals surface area contributed by atoms with Crippen LogP contribution < -0.4 is 10.6 Å². The number of aromatic nitrogens is 2. The van der Waals surface area contributed by atoms with Crippen LogP contribution in [-0.2, 0) is 0 Å². The van der Waals surface area contributed by atoms with Gasteiger partial charge in [-0.2, -0.15) is 4.98 Å². The standard InChI is InChI=1S/C12H20N4/c1-3-4-7-13-12-14-9(2)8-11(16-12)15-10-5-6-10/h8,10H,3-7H2,1-2H3,(H2,13,14,15,16). The van der Waals surface area contributed by atoms with E-state index in [0.29, 0.717) is 6.04 Å². The molecule has 16 heavy (non-hydrogen) atoms. The van der Waals surface area contributed by atoms with Crippen molar-refractivity contribution in [3.63, 3.8) is 0 Å². The molecule has 1 heterocycles. The second-order valence-electron chi connectivity index (χ2n) is 4.42. The van der Waals surface area contributed by atoms with Gasteiger partial charge in [0.25, 0.3) is 0 Å². The van der Waals surface area contributed by atoms with E-state index in [-0.39, 0.29) is 0 Å². The molecule has 4 heteroatoms. The molecule has 0 aliphatic heterocycles. The van der Waals surface area contributed by atoms with Crippen molar-refractivity contribution in [1.82, 2.24) is 9.97 Å². The zero-order valence-corrected chi connectivity index (χ0v) is 10.1. The average Bonchev–Trinajstić information content (AvgIpc) is 3.01. The fourth-order valence-corrected chi connectivity index (χ4v) is 1.54. The van der Waals surface area contributed by atoms with Gasteiger partial charge in [0.1, 0.15) is 5.82 Å². The molecule has 0 amide bonds. The molecule has 2 rings (SSSR count). The molecule has 0 radical (unpaired) electrons. The lowest BCUT2D eigenvalue weighted by atomic mass is 10.3. The smallest absolute Gasteiger partial charge is 0.224 e. The minimum Gasteiger partial charge on any atom is -0.367 e. The molecule has 4 nitrogen and oxygen atoms in total. The number of hydrogen-bond donors (Lipinski definition) is 2. The van der Waals surface area contributed by atoms with Gasteiger partial charge in [0.05, 0.1) is 0 Å². The molecular formula is C12H20N4. The Bertz CT molecular complexity index is 347. The second kappa shape index (κ2) is 5.14. The Morgan fingerprint density at radius 2 is 2.19 bits per heavy atom. The first-order chi connectivity index (χ1) is 7.78. The summed E-state index contributed by atoms with van der Waals surface area (Å²) in [5.41, 5.74) is 1.01. The molecule has 0 bridgehead atoms. The lowest BCUT2D eigenvalue weighted by molar-refractivity contribution is 0.825. The van der Waals surface area contributed by atoms with Crippen molar-refractivity contribution in [2.75, 3.05) is 17.2 Å². The predicted molar refractivity (Wildman–Crippen MR) is 66.8 cm³/mol. The summed E-state index contributed by atoms with van der Waals surface area (Å²) in [5, 5.41) is 6.65. The van der Waals surface area contributed by atoms with Crippen LogP contribution in [0, 0.1) is 6.92 Å². The summed E-state index contributed by atoms with van der Waals surface area (Å²) in [6.07, 6.45) is 4.87. The molecule has 0 atom stereocenters. The molecule has 1 fully saturated rings. The van der Waals surface area contributed by atoms with Crippen molar-refractivity contribution < 1.29 is 0 Å². The zero-order valence-electron chi connectivity index (χ0n) is 10.1. The Morgan fingerprint density at radius 1 is 1.38 bits per heavy atom. The van der Waals surface area contributed by atoms with Gasteiger partial charge in [-0.05, 0) is 26.2 Å². The molecule has 1 aromatic heterocycles. The van der Waals surface area contributed by atoms with Crippen molar-refractivity contribution in [3.8, 4) is 0 Å². The number of unbranched alkanes of at least 4 members (excludes halogenated alkanes) is 1. The van der Waals surface area contributed by atoms with Gasteiger partial charge in [-0.25, -0.2) is 4.98 Å². The van der Waals surface area contributed by atoms with Crippen LogP contribution in [0.25, 0.3) is 0 Å². The van der Waals surface area contributed by atoms with E-state index < -0.39 is 0 Å². The number of nitrogens with one attached hydrogen (secondary N) is 2. The Balaban J connectivity index is 1.96. The van der Waals surface area contributed by atoms with Crippen molar-refractivity contribution in [2.24, 2.45) is 0 Å². The van der Waals surface area contributed by atoms with Crippen LogP contribution in [0.2, 0.25) is 0 Å². The molecule has 1 saturated carbocycles. The summed E-state index contributed by atoms with van der Waals surface area (Å²) >= 11 is 0. The number of anilines is 2. The molecule has 0 saturated heterocycles. The van der Waals surface area contributed by atoms with E-state index in [4.69, 9.17) is 0 Å². The van der Waals surface area contributed by atoms with E-state index in [1.165, 1.54) is 19.3 Å². The molecule has 0 aromatic carbocycles. The summed E-state index contributed by atoms with van der Waals surface area (Å²) in [6.45, 7) is 5.13. The maximum Gasteiger partial charge on any atom is 0.224 e. The lowest BCUT2D eigenvalue weighted by Crippen LogP contribution is -2.09. The molecule has 2 N–H and O–H groups in total. The van der Waals surface area contributed by atoms with Gasteiger partial charge in [-0.15, -0.1) is 0 Å². The highest BCUT2D eigenvalue weighted by Crippen LogP contribution is 2.24. The number of rotatable bonds is 6. The number of hydrogen-bond acceptors (Lipinski definition) is 4. The minimum atomic E-state index is 0.637. The van der Waals surface area contributed by atoms with E-state index in [1.807, 2.05) is 13.0 Å². The number of aryl methyl sites for hydroxylation is 1. The van der Waals surface area contributed by atoms with Gasteiger partial charge >= 0.3 is 0 Å². The largest absolute Gasteiger partial charge is 0.367 e. The third kappa shape index (κ3) is 3.36. The first kappa shape index (κ1) is 11.2. The highest BCUT2D eigenvalue weighted by molar-refractivity contribution is 5.43. The third-order valence-corrected chi connectivity index (χ3v) is 2.60. The van der Waals surface area contributed by atoms with Crippen LogP contribution in [0.3, 0.4) is 0 Å². The fourth-order valence-electron chi connectivity index (χ4n) is 1.54. The van der Waals surface area contributed by atoms with Crippen LogP contribution in [0.5, 0.6) is 0 Å². The Labute approximate surface area is 96.9 Å². The molecule has 88 valence electrons. The van der Waals surface area contributed by atoms with Crippen LogP contribution in [-0.4, -0.2) is 22.6 Å².